The largest absolute Gasteiger partial charge is 0.348 e. The van der Waals surface area contributed by atoms with Crippen LogP contribution in [0.5, 0.6) is 0 Å². The van der Waals surface area contributed by atoms with Crippen molar-refractivity contribution in [1.29, 1.82) is 5.26 Å². The fourth-order valence-electron chi connectivity index (χ4n) is 2.37. The van der Waals surface area contributed by atoms with Gasteiger partial charge in [-0.15, -0.1) is 11.3 Å². The number of nitrogens with zero attached hydrogens (tertiary/aromatic N) is 1. The van der Waals surface area contributed by atoms with Gasteiger partial charge in [0.05, 0.1) is 16.5 Å². The van der Waals surface area contributed by atoms with Gasteiger partial charge >= 0.3 is 0 Å². The topological polar surface area (TPSA) is 82.0 Å². The molecule has 6 heteroatoms. The molecule has 5 nitrogen and oxygen atoms in total. The standard InChI is InChI=1S/C20H15N3O2S/c21-12-14-4-1-5-15(10-14)13-22-19(24)16-6-2-7-17(11-16)23-20(25)18-8-3-9-26-18/h1-11H,13H2,(H,22,24)(H,23,25). The molecule has 26 heavy (non-hydrogen) atoms. The first-order valence-corrected chi connectivity index (χ1v) is 8.76. The first-order chi connectivity index (χ1) is 12.7. The Morgan fingerprint density at radius 3 is 2.62 bits per heavy atom. The molecule has 2 N–H and O–H groups in total. The van der Waals surface area contributed by atoms with Crippen molar-refractivity contribution in [2.75, 3.05) is 5.32 Å². The first-order valence-electron chi connectivity index (χ1n) is 7.88. The Balaban J connectivity index is 1.64. The third kappa shape index (κ3) is 4.35. The molecule has 0 aliphatic carbocycles. The smallest absolute Gasteiger partial charge is 0.265 e. The van der Waals surface area contributed by atoms with Crippen molar-refractivity contribution in [1.82, 2.24) is 5.32 Å². The van der Waals surface area contributed by atoms with Crippen LogP contribution in [0.25, 0.3) is 0 Å². The van der Waals surface area contributed by atoms with E-state index in [9.17, 15) is 9.59 Å². The lowest BCUT2D eigenvalue weighted by Crippen LogP contribution is -2.23. The van der Waals surface area contributed by atoms with Gasteiger partial charge in [0.1, 0.15) is 0 Å². The van der Waals surface area contributed by atoms with Crippen molar-refractivity contribution in [2.45, 2.75) is 6.54 Å². The fourth-order valence-corrected chi connectivity index (χ4v) is 2.99. The lowest BCUT2D eigenvalue weighted by atomic mass is 10.1. The fraction of sp³-hybridized carbons (Fsp3) is 0.0500. The number of anilines is 1. The zero-order chi connectivity index (χ0) is 18.4. The number of rotatable bonds is 5. The van der Waals surface area contributed by atoms with E-state index >= 15 is 0 Å². The van der Waals surface area contributed by atoms with E-state index in [2.05, 4.69) is 16.7 Å². The molecule has 0 spiro atoms. The van der Waals surface area contributed by atoms with Crippen LogP contribution >= 0.6 is 11.3 Å². The number of nitriles is 1. The molecule has 0 fully saturated rings. The summed E-state index contributed by atoms with van der Waals surface area (Å²) in [5.74, 6) is -0.453. The van der Waals surface area contributed by atoms with Gasteiger partial charge < -0.3 is 10.6 Å². The summed E-state index contributed by atoms with van der Waals surface area (Å²) < 4.78 is 0. The summed E-state index contributed by atoms with van der Waals surface area (Å²) in [6, 6.07) is 19.5. The van der Waals surface area contributed by atoms with E-state index in [4.69, 9.17) is 5.26 Å². The van der Waals surface area contributed by atoms with Crippen LogP contribution in [0.2, 0.25) is 0 Å². The quantitative estimate of drug-likeness (QED) is 0.725. The molecular weight excluding hydrogens is 346 g/mol. The van der Waals surface area contributed by atoms with Gasteiger partial charge in [-0.05, 0) is 47.3 Å². The van der Waals surface area contributed by atoms with E-state index in [1.165, 1.54) is 11.3 Å². The minimum atomic E-state index is -0.250. The van der Waals surface area contributed by atoms with Crippen LogP contribution in [0.15, 0.2) is 66.0 Å². The minimum absolute atomic E-state index is 0.203. The number of carbonyl (C=O) groups excluding carboxylic acids is 2. The van der Waals surface area contributed by atoms with Crippen molar-refractivity contribution in [2.24, 2.45) is 0 Å². The molecule has 0 atom stereocenters. The molecule has 0 radical (unpaired) electrons. The molecule has 0 aliphatic heterocycles. The van der Waals surface area contributed by atoms with E-state index in [-0.39, 0.29) is 11.8 Å². The Morgan fingerprint density at radius 2 is 1.85 bits per heavy atom. The number of nitrogens with one attached hydrogen (secondary N) is 2. The van der Waals surface area contributed by atoms with Crippen LogP contribution in [0.4, 0.5) is 5.69 Å². The predicted molar refractivity (Wildman–Crippen MR) is 101 cm³/mol. The van der Waals surface area contributed by atoms with Crippen LogP contribution in [-0.2, 0) is 6.54 Å². The van der Waals surface area contributed by atoms with Crippen LogP contribution < -0.4 is 10.6 Å². The van der Waals surface area contributed by atoms with Crippen molar-refractivity contribution >= 4 is 28.8 Å². The monoisotopic (exact) mass is 361 g/mol. The highest BCUT2D eigenvalue weighted by atomic mass is 32.1. The summed E-state index contributed by atoms with van der Waals surface area (Å²) in [7, 11) is 0. The number of thiophene rings is 1. The Morgan fingerprint density at radius 1 is 1.00 bits per heavy atom. The van der Waals surface area contributed by atoms with Crippen LogP contribution in [0.1, 0.15) is 31.2 Å². The Labute approximate surface area is 154 Å². The van der Waals surface area contributed by atoms with E-state index in [0.717, 1.165) is 5.56 Å². The molecule has 0 saturated heterocycles. The third-order valence-corrected chi connectivity index (χ3v) is 4.51. The maximum Gasteiger partial charge on any atom is 0.265 e. The van der Waals surface area contributed by atoms with Gasteiger partial charge in [0.15, 0.2) is 0 Å². The zero-order valence-corrected chi connectivity index (χ0v) is 14.5. The molecule has 128 valence electrons. The number of hydrogen-bond acceptors (Lipinski definition) is 4. The summed E-state index contributed by atoms with van der Waals surface area (Å²) in [6.45, 7) is 0.320. The average Bonchev–Trinajstić information content (AvgIpc) is 3.21. The van der Waals surface area contributed by atoms with Crippen molar-refractivity contribution in [3.05, 3.63) is 87.6 Å². The van der Waals surface area contributed by atoms with Crippen molar-refractivity contribution in [3.63, 3.8) is 0 Å². The summed E-state index contributed by atoms with van der Waals surface area (Å²) in [6.07, 6.45) is 0. The number of amides is 2. The molecule has 0 unspecified atom stereocenters. The second-order valence-electron chi connectivity index (χ2n) is 5.51. The maximum absolute atomic E-state index is 12.4. The van der Waals surface area contributed by atoms with Gasteiger partial charge in [0.2, 0.25) is 0 Å². The van der Waals surface area contributed by atoms with Crippen LogP contribution in [-0.4, -0.2) is 11.8 Å². The highest BCUT2D eigenvalue weighted by Gasteiger charge is 2.10. The normalized spacial score (nSPS) is 9.96. The summed E-state index contributed by atoms with van der Waals surface area (Å²) in [5.41, 5.74) is 2.41. The summed E-state index contributed by atoms with van der Waals surface area (Å²) in [5, 5.41) is 16.4. The molecule has 3 aromatic rings. The molecule has 0 bridgehead atoms. The molecular formula is C20H15N3O2S. The highest BCUT2D eigenvalue weighted by Crippen LogP contribution is 2.15. The number of hydrogen-bond donors (Lipinski definition) is 2. The van der Waals surface area contributed by atoms with Gasteiger partial charge in [-0.3, -0.25) is 9.59 Å². The molecule has 2 aromatic carbocycles. The second-order valence-corrected chi connectivity index (χ2v) is 6.45. The summed E-state index contributed by atoms with van der Waals surface area (Å²) in [4.78, 5) is 25.1. The highest BCUT2D eigenvalue weighted by molar-refractivity contribution is 7.12. The molecule has 1 aromatic heterocycles. The lowest BCUT2D eigenvalue weighted by molar-refractivity contribution is 0.0949. The van der Waals surface area contributed by atoms with E-state index in [0.29, 0.717) is 28.2 Å². The average molecular weight is 361 g/mol. The van der Waals surface area contributed by atoms with Gasteiger partial charge in [0.25, 0.3) is 11.8 Å². The molecule has 3 rings (SSSR count). The number of benzene rings is 2. The number of carbonyl (C=O) groups is 2. The summed E-state index contributed by atoms with van der Waals surface area (Å²) >= 11 is 1.36. The molecule has 1 heterocycles. The first kappa shape index (κ1) is 17.4. The molecule has 0 saturated carbocycles. The van der Waals surface area contributed by atoms with Gasteiger partial charge in [-0.2, -0.15) is 5.26 Å². The zero-order valence-electron chi connectivity index (χ0n) is 13.7. The lowest BCUT2D eigenvalue weighted by Gasteiger charge is -2.08. The van der Waals surface area contributed by atoms with Gasteiger partial charge in [-0.25, -0.2) is 0 Å². The van der Waals surface area contributed by atoms with Crippen molar-refractivity contribution < 1.29 is 9.59 Å². The third-order valence-electron chi connectivity index (χ3n) is 3.64. The van der Waals surface area contributed by atoms with Crippen LogP contribution in [0, 0.1) is 11.3 Å². The Hall–Kier alpha value is -3.43. The predicted octanol–water partition coefficient (Wildman–Crippen LogP) is 3.80. The second kappa shape index (κ2) is 8.10. The minimum Gasteiger partial charge on any atom is -0.348 e. The van der Waals surface area contributed by atoms with Gasteiger partial charge in [0, 0.05) is 17.8 Å². The molecule has 0 aliphatic rings. The maximum atomic E-state index is 12.4. The molecule has 2 amide bonds. The van der Waals surface area contributed by atoms with E-state index in [1.807, 2.05) is 17.5 Å². The Bertz CT molecular complexity index is 975. The Kier molecular flexibility index (Phi) is 5.42. The van der Waals surface area contributed by atoms with E-state index in [1.54, 1.807) is 48.5 Å². The van der Waals surface area contributed by atoms with Gasteiger partial charge in [-0.1, -0.05) is 24.3 Å². The van der Waals surface area contributed by atoms with Crippen molar-refractivity contribution in [3.8, 4) is 6.07 Å². The van der Waals surface area contributed by atoms with Crippen LogP contribution in [0.3, 0.4) is 0 Å². The SMILES string of the molecule is N#Cc1cccc(CNC(=O)c2cccc(NC(=O)c3cccs3)c2)c1. The van der Waals surface area contributed by atoms with E-state index < -0.39 is 0 Å².